The van der Waals surface area contributed by atoms with Gasteiger partial charge in [0.2, 0.25) is 0 Å². The van der Waals surface area contributed by atoms with Gasteiger partial charge < -0.3 is 10.2 Å². The van der Waals surface area contributed by atoms with Gasteiger partial charge in [-0.1, -0.05) is 50.7 Å². The lowest BCUT2D eigenvalue weighted by atomic mass is 10.1. The molecule has 0 saturated carbocycles. The minimum Gasteiger partial charge on any atom is -0.481 e. The van der Waals surface area contributed by atoms with Crippen molar-refractivity contribution in [1.29, 1.82) is 0 Å². The highest BCUT2D eigenvalue weighted by atomic mass is 16.4. The maximum Gasteiger partial charge on any atom is 0.303 e. The van der Waals surface area contributed by atoms with Gasteiger partial charge in [0.05, 0.1) is 6.10 Å². The van der Waals surface area contributed by atoms with Crippen LogP contribution >= 0.6 is 0 Å². The number of aliphatic carboxylic acids is 1. The molecule has 0 saturated heterocycles. The number of carbonyl (C=O) groups is 1. The minimum atomic E-state index is -0.690. The molecule has 21 heavy (non-hydrogen) atoms. The highest BCUT2D eigenvalue weighted by Gasteiger charge is 1.96. The van der Waals surface area contributed by atoms with E-state index in [1.807, 2.05) is 6.92 Å². The number of aliphatic hydroxyl groups excluding tert-OH is 1. The van der Waals surface area contributed by atoms with Crippen LogP contribution in [0.2, 0.25) is 0 Å². The van der Waals surface area contributed by atoms with E-state index >= 15 is 0 Å². The summed E-state index contributed by atoms with van der Waals surface area (Å²) in [5.74, 6) is -0.690. The third-order valence-corrected chi connectivity index (χ3v) is 3.67. The molecule has 3 nitrogen and oxygen atoms in total. The van der Waals surface area contributed by atoms with Gasteiger partial charge in [-0.05, 0) is 45.4 Å². The van der Waals surface area contributed by atoms with Gasteiger partial charge in [0, 0.05) is 6.42 Å². The van der Waals surface area contributed by atoms with E-state index in [0.29, 0.717) is 6.42 Å². The molecule has 1 unspecified atom stereocenters. The lowest BCUT2D eigenvalue weighted by Gasteiger charge is -2.03. The van der Waals surface area contributed by atoms with Crippen LogP contribution in [0.25, 0.3) is 0 Å². The summed E-state index contributed by atoms with van der Waals surface area (Å²) in [4.78, 5) is 10.3. The lowest BCUT2D eigenvalue weighted by molar-refractivity contribution is -0.137. The number of carboxylic acids is 1. The predicted molar refractivity (Wildman–Crippen MR) is 88.5 cm³/mol. The molecule has 0 fully saturated rings. The molecule has 0 radical (unpaired) electrons. The summed E-state index contributed by atoms with van der Waals surface area (Å²) < 4.78 is 0. The highest BCUT2D eigenvalue weighted by Crippen LogP contribution is 2.11. The first-order valence-electron chi connectivity index (χ1n) is 8.67. The molecule has 1 atom stereocenters. The zero-order chi connectivity index (χ0) is 15.8. The molecular weight excluding hydrogens is 264 g/mol. The third-order valence-electron chi connectivity index (χ3n) is 3.67. The van der Waals surface area contributed by atoms with E-state index in [1.54, 1.807) is 0 Å². The van der Waals surface area contributed by atoms with Gasteiger partial charge in [0.15, 0.2) is 0 Å². The molecule has 0 aromatic carbocycles. The standard InChI is InChI=1S/C18H34O3/c1-17(19)15-13-11-9-7-5-3-2-4-6-8-10-12-14-16-18(20)21/h6,8,17,19H,2-5,7,9-16H2,1H3,(H,20,21)/b8-6-. The van der Waals surface area contributed by atoms with Crippen molar-refractivity contribution >= 4 is 5.97 Å². The van der Waals surface area contributed by atoms with Crippen molar-refractivity contribution in [3.05, 3.63) is 12.2 Å². The van der Waals surface area contributed by atoms with Crippen LogP contribution in [0, 0.1) is 0 Å². The van der Waals surface area contributed by atoms with Gasteiger partial charge >= 0.3 is 5.97 Å². The van der Waals surface area contributed by atoms with Crippen LogP contribution in [0.5, 0.6) is 0 Å². The predicted octanol–water partition coefficient (Wildman–Crippen LogP) is 5.08. The van der Waals surface area contributed by atoms with Crippen LogP contribution in [0.15, 0.2) is 12.2 Å². The molecule has 0 amide bonds. The normalized spacial score (nSPS) is 12.9. The Kier molecular flexibility index (Phi) is 14.9. The number of allylic oxidation sites excluding steroid dienone is 2. The Morgan fingerprint density at radius 1 is 0.857 bits per heavy atom. The van der Waals surface area contributed by atoms with Crippen molar-refractivity contribution in [2.24, 2.45) is 0 Å². The summed E-state index contributed by atoms with van der Waals surface area (Å²) in [6.45, 7) is 1.86. The van der Waals surface area contributed by atoms with Gasteiger partial charge in [-0.15, -0.1) is 0 Å². The fourth-order valence-corrected chi connectivity index (χ4v) is 2.36. The van der Waals surface area contributed by atoms with Crippen molar-refractivity contribution in [1.82, 2.24) is 0 Å². The van der Waals surface area contributed by atoms with E-state index < -0.39 is 5.97 Å². The highest BCUT2D eigenvalue weighted by molar-refractivity contribution is 5.66. The van der Waals surface area contributed by atoms with Gasteiger partial charge in [0.25, 0.3) is 0 Å². The number of carboxylic acid groups (broad SMARTS) is 1. The Hall–Kier alpha value is -0.830. The topological polar surface area (TPSA) is 57.5 Å². The largest absolute Gasteiger partial charge is 0.481 e. The Bertz CT molecular complexity index is 259. The Morgan fingerprint density at radius 2 is 1.33 bits per heavy atom. The van der Waals surface area contributed by atoms with E-state index in [9.17, 15) is 4.79 Å². The summed E-state index contributed by atoms with van der Waals surface area (Å²) in [6.07, 6.45) is 18.4. The number of hydrogen-bond donors (Lipinski definition) is 2. The quantitative estimate of drug-likeness (QED) is 0.327. The maximum atomic E-state index is 10.3. The molecule has 2 N–H and O–H groups in total. The van der Waals surface area contributed by atoms with Crippen LogP contribution in [0.1, 0.15) is 90.4 Å². The van der Waals surface area contributed by atoms with Crippen LogP contribution < -0.4 is 0 Å². The fraction of sp³-hybridized carbons (Fsp3) is 0.833. The third kappa shape index (κ3) is 19.2. The Morgan fingerprint density at radius 3 is 1.86 bits per heavy atom. The summed E-state index contributed by atoms with van der Waals surface area (Å²) in [7, 11) is 0. The molecule has 3 heteroatoms. The van der Waals surface area contributed by atoms with Crippen molar-refractivity contribution in [2.75, 3.05) is 0 Å². The molecule has 0 aromatic rings. The van der Waals surface area contributed by atoms with E-state index in [4.69, 9.17) is 10.2 Å². The van der Waals surface area contributed by atoms with Gasteiger partial charge in [0.1, 0.15) is 0 Å². The minimum absolute atomic E-state index is 0.138. The lowest BCUT2D eigenvalue weighted by Crippen LogP contribution is -1.98. The number of aliphatic hydroxyl groups is 1. The van der Waals surface area contributed by atoms with Crippen molar-refractivity contribution in [3.63, 3.8) is 0 Å². The second-order valence-corrected chi connectivity index (χ2v) is 6.01. The Labute approximate surface area is 130 Å². The van der Waals surface area contributed by atoms with Crippen molar-refractivity contribution in [3.8, 4) is 0 Å². The molecule has 124 valence electrons. The maximum absolute atomic E-state index is 10.3. The van der Waals surface area contributed by atoms with Crippen LogP contribution in [0.4, 0.5) is 0 Å². The SMILES string of the molecule is CC(O)CCCCCCCCC/C=C\CCCCC(=O)O. The molecule has 0 aliphatic heterocycles. The second kappa shape index (κ2) is 15.6. The summed E-state index contributed by atoms with van der Waals surface area (Å²) >= 11 is 0. The van der Waals surface area contributed by atoms with Gasteiger partial charge in [-0.2, -0.15) is 0 Å². The number of hydrogen-bond acceptors (Lipinski definition) is 2. The second-order valence-electron chi connectivity index (χ2n) is 6.01. The molecule has 0 aliphatic carbocycles. The zero-order valence-electron chi connectivity index (χ0n) is 13.7. The molecule has 0 aromatic heterocycles. The fourth-order valence-electron chi connectivity index (χ4n) is 2.36. The average Bonchev–Trinajstić information content (AvgIpc) is 2.42. The molecule has 0 rings (SSSR count). The van der Waals surface area contributed by atoms with E-state index in [0.717, 1.165) is 38.5 Å². The Balaban J connectivity index is 3.09. The molecule has 0 aliphatic rings. The van der Waals surface area contributed by atoms with Crippen molar-refractivity contribution in [2.45, 2.75) is 96.5 Å². The first-order valence-corrected chi connectivity index (χ1v) is 8.67. The first-order chi connectivity index (χ1) is 10.1. The van der Waals surface area contributed by atoms with Crippen LogP contribution in [-0.4, -0.2) is 22.3 Å². The first kappa shape index (κ1) is 20.2. The number of rotatable bonds is 15. The van der Waals surface area contributed by atoms with Crippen LogP contribution in [0.3, 0.4) is 0 Å². The van der Waals surface area contributed by atoms with E-state index in [-0.39, 0.29) is 6.10 Å². The van der Waals surface area contributed by atoms with Gasteiger partial charge in [-0.3, -0.25) is 4.79 Å². The van der Waals surface area contributed by atoms with E-state index in [2.05, 4.69) is 12.2 Å². The molecule has 0 bridgehead atoms. The monoisotopic (exact) mass is 298 g/mol. The van der Waals surface area contributed by atoms with E-state index in [1.165, 1.54) is 38.5 Å². The zero-order valence-corrected chi connectivity index (χ0v) is 13.7. The summed E-state index contributed by atoms with van der Waals surface area (Å²) in [5.41, 5.74) is 0. The molecular formula is C18H34O3. The number of unbranched alkanes of at least 4 members (excludes halogenated alkanes) is 9. The molecule has 0 heterocycles. The summed E-state index contributed by atoms with van der Waals surface area (Å²) in [6, 6.07) is 0. The smallest absolute Gasteiger partial charge is 0.303 e. The summed E-state index contributed by atoms with van der Waals surface area (Å²) in [5, 5.41) is 17.6. The molecule has 0 spiro atoms. The van der Waals surface area contributed by atoms with Gasteiger partial charge in [-0.25, -0.2) is 0 Å². The van der Waals surface area contributed by atoms with Crippen molar-refractivity contribution < 1.29 is 15.0 Å². The average molecular weight is 298 g/mol. The van der Waals surface area contributed by atoms with Crippen LogP contribution in [-0.2, 0) is 4.79 Å².